The van der Waals surface area contributed by atoms with Gasteiger partial charge in [-0.15, -0.1) is 0 Å². The summed E-state index contributed by atoms with van der Waals surface area (Å²) >= 11 is 1.83. The van der Waals surface area contributed by atoms with Crippen LogP contribution in [0.4, 0.5) is 0 Å². The van der Waals surface area contributed by atoms with Crippen LogP contribution in [0.2, 0.25) is 0 Å². The summed E-state index contributed by atoms with van der Waals surface area (Å²) in [6, 6.07) is 0.521. The van der Waals surface area contributed by atoms with Gasteiger partial charge in [0.1, 0.15) is 0 Å². The van der Waals surface area contributed by atoms with Crippen molar-refractivity contribution in [2.75, 3.05) is 19.8 Å². The number of rotatable bonds is 0. The fourth-order valence-electron chi connectivity index (χ4n) is 0.703. The van der Waals surface area contributed by atoms with Crippen LogP contribution >= 0.6 is 11.8 Å². The minimum atomic E-state index is 0.521. The Morgan fingerprint density at radius 2 is 2.33 bits per heavy atom. The Balaban J connectivity index is 2.52. The Labute approximate surface area is 60.3 Å². The molecule has 0 fully saturated rings. The molecule has 0 aliphatic carbocycles. The van der Waals surface area contributed by atoms with E-state index in [0.29, 0.717) is 6.04 Å². The van der Waals surface area contributed by atoms with Gasteiger partial charge in [0.25, 0.3) is 0 Å². The standard InChI is InChI=1S/C6H12N2S/c1-5-4-9-6(7-5)8(2)3/h5H,4H2,1-3H3/t5-/m0/s1. The molecule has 52 valence electrons. The van der Waals surface area contributed by atoms with E-state index >= 15 is 0 Å². The van der Waals surface area contributed by atoms with Gasteiger partial charge in [0, 0.05) is 19.8 Å². The molecule has 0 spiro atoms. The summed E-state index contributed by atoms with van der Waals surface area (Å²) in [5.41, 5.74) is 0. The minimum absolute atomic E-state index is 0.521. The zero-order chi connectivity index (χ0) is 6.85. The number of hydrogen-bond acceptors (Lipinski definition) is 3. The zero-order valence-electron chi connectivity index (χ0n) is 6.09. The van der Waals surface area contributed by atoms with E-state index < -0.39 is 0 Å². The van der Waals surface area contributed by atoms with E-state index in [2.05, 4.69) is 16.8 Å². The van der Waals surface area contributed by atoms with Crippen LogP contribution in [0.25, 0.3) is 0 Å². The van der Waals surface area contributed by atoms with E-state index in [-0.39, 0.29) is 0 Å². The topological polar surface area (TPSA) is 15.6 Å². The van der Waals surface area contributed by atoms with Crippen LogP contribution < -0.4 is 0 Å². The highest BCUT2D eigenvalue weighted by Gasteiger charge is 2.14. The Hall–Kier alpha value is -0.180. The van der Waals surface area contributed by atoms with Gasteiger partial charge in [-0.25, -0.2) is 0 Å². The Kier molecular flexibility index (Phi) is 2.01. The summed E-state index contributed by atoms with van der Waals surface area (Å²) in [6.07, 6.45) is 0. The number of nitrogens with zero attached hydrogens (tertiary/aromatic N) is 2. The average molecular weight is 144 g/mol. The van der Waals surface area contributed by atoms with Gasteiger partial charge in [-0.2, -0.15) is 0 Å². The second kappa shape index (κ2) is 2.60. The van der Waals surface area contributed by atoms with Gasteiger partial charge in [-0.1, -0.05) is 11.8 Å². The van der Waals surface area contributed by atoms with Gasteiger partial charge in [-0.05, 0) is 6.92 Å². The maximum absolute atomic E-state index is 4.39. The predicted octanol–water partition coefficient (Wildman–Crippen LogP) is 1.04. The minimum Gasteiger partial charge on any atom is -0.358 e. The van der Waals surface area contributed by atoms with Crippen LogP contribution in [0, 0.1) is 0 Å². The summed E-state index contributed by atoms with van der Waals surface area (Å²) < 4.78 is 0. The predicted molar refractivity (Wildman–Crippen MR) is 43.0 cm³/mol. The Bertz CT molecular complexity index is 131. The molecule has 9 heavy (non-hydrogen) atoms. The van der Waals surface area contributed by atoms with Crippen molar-refractivity contribution in [2.24, 2.45) is 4.99 Å². The molecule has 2 nitrogen and oxygen atoms in total. The van der Waals surface area contributed by atoms with Crippen molar-refractivity contribution in [2.45, 2.75) is 13.0 Å². The molecule has 0 saturated heterocycles. The van der Waals surface area contributed by atoms with Crippen LogP contribution in [-0.2, 0) is 0 Å². The first-order valence-corrected chi connectivity index (χ1v) is 4.06. The number of thioether (sulfide) groups is 1. The molecule has 0 unspecified atom stereocenters. The summed E-state index contributed by atoms with van der Waals surface area (Å²) in [4.78, 5) is 6.46. The lowest BCUT2D eigenvalue weighted by Gasteiger charge is -2.08. The van der Waals surface area contributed by atoms with Gasteiger partial charge in [0.2, 0.25) is 0 Å². The second-order valence-electron chi connectivity index (χ2n) is 2.47. The first kappa shape index (κ1) is 6.93. The molecule has 0 radical (unpaired) electrons. The molecule has 1 rings (SSSR count). The van der Waals surface area contributed by atoms with Crippen LogP contribution in [-0.4, -0.2) is 36.0 Å². The van der Waals surface area contributed by atoms with Gasteiger partial charge in [0.15, 0.2) is 5.17 Å². The number of amidine groups is 1. The van der Waals surface area contributed by atoms with Crippen molar-refractivity contribution < 1.29 is 0 Å². The van der Waals surface area contributed by atoms with E-state index in [0.717, 1.165) is 5.75 Å². The molecule has 1 aliphatic heterocycles. The number of hydrogen-bond donors (Lipinski definition) is 0. The molecule has 0 saturated carbocycles. The monoisotopic (exact) mass is 144 g/mol. The molecule has 0 aromatic carbocycles. The fraction of sp³-hybridized carbons (Fsp3) is 0.833. The van der Waals surface area contributed by atoms with E-state index in [1.165, 1.54) is 5.17 Å². The molecule has 0 aromatic heterocycles. The largest absolute Gasteiger partial charge is 0.358 e. The molecule has 1 heterocycles. The molecule has 0 amide bonds. The van der Waals surface area contributed by atoms with Crippen molar-refractivity contribution in [1.82, 2.24) is 4.90 Å². The summed E-state index contributed by atoms with van der Waals surface area (Å²) in [6.45, 7) is 2.14. The maximum Gasteiger partial charge on any atom is 0.159 e. The first-order valence-electron chi connectivity index (χ1n) is 3.08. The molecular formula is C6H12N2S. The van der Waals surface area contributed by atoms with Gasteiger partial charge in [-0.3, -0.25) is 4.99 Å². The molecule has 0 bridgehead atoms. The third-order valence-corrected chi connectivity index (χ3v) is 2.54. The summed E-state index contributed by atoms with van der Waals surface area (Å²) in [5.74, 6) is 1.15. The highest BCUT2D eigenvalue weighted by atomic mass is 32.2. The van der Waals surface area contributed by atoms with Crippen molar-refractivity contribution in [3.05, 3.63) is 0 Å². The molecule has 3 heteroatoms. The van der Waals surface area contributed by atoms with Crippen molar-refractivity contribution in [3.8, 4) is 0 Å². The van der Waals surface area contributed by atoms with Gasteiger partial charge in [0.05, 0.1) is 6.04 Å². The lowest BCUT2D eigenvalue weighted by Crippen LogP contribution is -2.16. The molecular weight excluding hydrogens is 132 g/mol. The highest BCUT2D eigenvalue weighted by molar-refractivity contribution is 8.14. The SMILES string of the molecule is C[C@H]1CSC(N(C)C)=N1. The average Bonchev–Trinajstić information content (AvgIpc) is 2.14. The normalized spacial score (nSPS) is 26.1. The molecule has 0 aromatic rings. The smallest absolute Gasteiger partial charge is 0.159 e. The van der Waals surface area contributed by atoms with Crippen molar-refractivity contribution >= 4 is 16.9 Å². The molecule has 0 N–H and O–H groups in total. The third kappa shape index (κ3) is 1.61. The van der Waals surface area contributed by atoms with E-state index in [4.69, 9.17) is 0 Å². The fourth-order valence-corrected chi connectivity index (χ4v) is 1.68. The molecule has 1 atom stereocenters. The van der Waals surface area contributed by atoms with E-state index in [1.807, 2.05) is 25.9 Å². The lowest BCUT2D eigenvalue weighted by atomic mass is 10.4. The van der Waals surface area contributed by atoms with Gasteiger partial charge < -0.3 is 4.90 Å². The van der Waals surface area contributed by atoms with Gasteiger partial charge >= 0.3 is 0 Å². The lowest BCUT2D eigenvalue weighted by molar-refractivity contribution is 0.630. The Morgan fingerprint density at radius 3 is 2.56 bits per heavy atom. The highest BCUT2D eigenvalue weighted by Crippen LogP contribution is 2.18. The van der Waals surface area contributed by atoms with Crippen LogP contribution in [0.15, 0.2) is 4.99 Å². The third-order valence-electron chi connectivity index (χ3n) is 1.17. The quantitative estimate of drug-likeness (QED) is 0.505. The van der Waals surface area contributed by atoms with Crippen LogP contribution in [0.5, 0.6) is 0 Å². The van der Waals surface area contributed by atoms with Crippen molar-refractivity contribution in [1.29, 1.82) is 0 Å². The summed E-state index contributed by atoms with van der Waals surface area (Å²) in [5, 5.41) is 1.17. The van der Waals surface area contributed by atoms with Crippen LogP contribution in [0.3, 0.4) is 0 Å². The first-order chi connectivity index (χ1) is 4.20. The second-order valence-corrected chi connectivity index (χ2v) is 3.45. The molecule has 1 aliphatic rings. The Morgan fingerprint density at radius 1 is 1.67 bits per heavy atom. The maximum atomic E-state index is 4.39. The van der Waals surface area contributed by atoms with Crippen molar-refractivity contribution in [3.63, 3.8) is 0 Å². The number of aliphatic imine (C=N–C) groups is 1. The van der Waals surface area contributed by atoms with E-state index in [9.17, 15) is 0 Å². The zero-order valence-corrected chi connectivity index (χ0v) is 6.90. The van der Waals surface area contributed by atoms with Crippen LogP contribution in [0.1, 0.15) is 6.92 Å². The summed E-state index contributed by atoms with van der Waals surface area (Å²) in [7, 11) is 4.06. The van der Waals surface area contributed by atoms with E-state index in [1.54, 1.807) is 0 Å².